The summed E-state index contributed by atoms with van der Waals surface area (Å²) in [5, 5.41) is 13.6. The summed E-state index contributed by atoms with van der Waals surface area (Å²) in [5.74, 6) is -0.447. The largest absolute Gasteiger partial charge is 0.326 e. The van der Waals surface area contributed by atoms with Crippen molar-refractivity contribution < 1.29 is 18.1 Å². The molecule has 2 rings (SSSR count). The van der Waals surface area contributed by atoms with Gasteiger partial charge in [0.15, 0.2) is 0 Å². The van der Waals surface area contributed by atoms with Crippen LogP contribution in [-0.2, 0) is 21.2 Å². The van der Waals surface area contributed by atoms with E-state index in [1.807, 2.05) is 0 Å². The normalized spacial score (nSPS) is 10.9. The Bertz CT molecular complexity index is 879. The van der Waals surface area contributed by atoms with E-state index in [1.165, 1.54) is 37.3 Å². The number of amides is 1. The van der Waals surface area contributed by atoms with E-state index in [-0.39, 0.29) is 17.9 Å². The molecule has 132 valence electrons. The number of carbonyl (C=O) groups excluding carboxylic acids is 1. The molecule has 25 heavy (non-hydrogen) atoms. The average Bonchev–Trinajstić information content (AvgIpc) is 2.56. The van der Waals surface area contributed by atoms with Gasteiger partial charge in [0.05, 0.1) is 17.1 Å². The van der Waals surface area contributed by atoms with Gasteiger partial charge < -0.3 is 5.32 Å². The second-order valence-corrected chi connectivity index (χ2v) is 7.20. The topological polar surface area (TPSA) is 118 Å². The fraction of sp³-hybridized carbons (Fsp3) is 0.188. The number of rotatable bonds is 7. The number of hydrogen-bond donors (Lipinski definition) is 2. The highest BCUT2D eigenvalue weighted by atomic mass is 32.2. The van der Waals surface area contributed by atoms with Gasteiger partial charge in [0.1, 0.15) is 0 Å². The van der Waals surface area contributed by atoms with Gasteiger partial charge in [-0.2, -0.15) is 0 Å². The molecule has 0 heterocycles. The lowest BCUT2D eigenvalue weighted by atomic mass is 10.1. The predicted molar refractivity (Wildman–Crippen MR) is 95.0 cm³/mol. The lowest BCUT2D eigenvalue weighted by molar-refractivity contribution is -0.385. The third-order valence-corrected chi connectivity index (χ3v) is 4.67. The number of carbonyl (C=O) groups is 1. The smallest absolute Gasteiger partial charge is 0.273 e. The minimum absolute atomic E-state index is 0.0403. The van der Waals surface area contributed by atoms with E-state index < -0.39 is 20.9 Å². The molecule has 0 saturated heterocycles. The molecule has 2 N–H and O–H groups in total. The van der Waals surface area contributed by atoms with Gasteiger partial charge in [0, 0.05) is 23.0 Å². The van der Waals surface area contributed by atoms with Gasteiger partial charge in [-0.3, -0.25) is 19.6 Å². The Balaban J connectivity index is 2.03. The fourth-order valence-electron chi connectivity index (χ4n) is 2.09. The Hall–Kier alpha value is -2.94. The van der Waals surface area contributed by atoms with Crippen LogP contribution in [0.25, 0.3) is 0 Å². The van der Waals surface area contributed by atoms with E-state index in [9.17, 15) is 23.3 Å². The van der Waals surface area contributed by atoms with Gasteiger partial charge in [-0.15, -0.1) is 0 Å². The summed E-state index contributed by atoms with van der Waals surface area (Å²) in [6.07, 6.45) is -0.138. The zero-order valence-corrected chi connectivity index (χ0v) is 14.2. The number of nitro groups is 1. The molecule has 9 heteroatoms. The first-order valence-electron chi connectivity index (χ1n) is 7.43. The van der Waals surface area contributed by atoms with E-state index in [1.54, 1.807) is 18.2 Å². The molecule has 8 nitrogen and oxygen atoms in total. The molecular weight excluding hydrogens is 346 g/mol. The molecule has 2 aromatic rings. The van der Waals surface area contributed by atoms with Crippen molar-refractivity contribution in [2.75, 3.05) is 15.8 Å². The molecular formula is C16H17N3O5S. The van der Waals surface area contributed by atoms with E-state index in [0.29, 0.717) is 16.9 Å². The summed E-state index contributed by atoms with van der Waals surface area (Å²) in [4.78, 5) is 22.5. The maximum absolute atomic E-state index is 12.1. The van der Waals surface area contributed by atoms with Crippen molar-refractivity contribution >= 4 is 33.0 Å². The lowest BCUT2D eigenvalue weighted by Crippen LogP contribution is -2.16. The Kier molecular flexibility index (Phi) is 5.71. The van der Waals surface area contributed by atoms with Crippen LogP contribution >= 0.6 is 0 Å². The van der Waals surface area contributed by atoms with Gasteiger partial charge in [-0.25, -0.2) is 8.42 Å². The first kappa shape index (κ1) is 18.4. The minimum Gasteiger partial charge on any atom is -0.326 e. The highest BCUT2D eigenvalue weighted by Gasteiger charge is 2.15. The first-order chi connectivity index (χ1) is 11.8. The summed E-state index contributed by atoms with van der Waals surface area (Å²) < 4.78 is 25.4. The van der Waals surface area contributed by atoms with Crippen molar-refractivity contribution in [3.05, 3.63) is 64.2 Å². The molecule has 2 aromatic carbocycles. The van der Waals surface area contributed by atoms with Gasteiger partial charge in [0.2, 0.25) is 15.9 Å². The number of hydrogen-bond acceptors (Lipinski definition) is 5. The summed E-state index contributed by atoms with van der Waals surface area (Å²) in [5.41, 5.74) is 1.06. The lowest BCUT2D eigenvalue weighted by Gasteiger charge is -2.08. The first-order valence-corrected chi connectivity index (χ1v) is 9.08. The van der Waals surface area contributed by atoms with Crippen molar-refractivity contribution in [2.24, 2.45) is 0 Å². The highest BCUT2D eigenvalue weighted by molar-refractivity contribution is 7.92. The van der Waals surface area contributed by atoms with E-state index in [0.717, 1.165) is 0 Å². The number of para-hydroxylation sites is 1. The quantitative estimate of drug-likeness (QED) is 0.579. The number of nitro benzene ring substituents is 1. The van der Waals surface area contributed by atoms with Gasteiger partial charge >= 0.3 is 0 Å². The third-order valence-electron chi connectivity index (χ3n) is 3.36. The SMILES string of the molecule is CCS(=O)(=O)Nc1ccc(NC(=O)Cc2ccccc2[N+](=O)[O-])cc1. The third kappa shape index (κ3) is 5.28. The zero-order chi connectivity index (χ0) is 18.4. The van der Waals surface area contributed by atoms with Gasteiger partial charge in [0.25, 0.3) is 5.69 Å². The van der Waals surface area contributed by atoms with Crippen LogP contribution in [0, 0.1) is 10.1 Å². The molecule has 0 radical (unpaired) electrons. The Morgan fingerprint density at radius 1 is 1.08 bits per heavy atom. The van der Waals surface area contributed by atoms with Crippen LogP contribution in [0.5, 0.6) is 0 Å². The number of nitrogens with zero attached hydrogens (tertiary/aromatic N) is 1. The molecule has 0 spiro atoms. The number of nitrogens with one attached hydrogen (secondary N) is 2. The molecule has 0 atom stereocenters. The van der Waals surface area contributed by atoms with Crippen LogP contribution < -0.4 is 10.0 Å². The molecule has 0 aliphatic carbocycles. The van der Waals surface area contributed by atoms with E-state index in [2.05, 4.69) is 10.0 Å². The number of sulfonamides is 1. The summed E-state index contributed by atoms with van der Waals surface area (Å²) >= 11 is 0. The summed E-state index contributed by atoms with van der Waals surface area (Å²) in [7, 11) is -3.36. The van der Waals surface area contributed by atoms with Crippen molar-refractivity contribution in [3.63, 3.8) is 0 Å². The molecule has 0 bridgehead atoms. The maximum atomic E-state index is 12.1. The van der Waals surface area contributed by atoms with Gasteiger partial charge in [-0.1, -0.05) is 18.2 Å². The van der Waals surface area contributed by atoms with Crippen LogP contribution in [0.1, 0.15) is 12.5 Å². The molecule has 0 aliphatic rings. The minimum atomic E-state index is -3.36. The Morgan fingerprint density at radius 2 is 1.68 bits per heavy atom. The van der Waals surface area contributed by atoms with E-state index >= 15 is 0 Å². The number of anilines is 2. The molecule has 0 saturated carbocycles. The monoisotopic (exact) mass is 363 g/mol. The number of benzene rings is 2. The second kappa shape index (κ2) is 7.75. The zero-order valence-electron chi connectivity index (χ0n) is 13.4. The fourth-order valence-corrected chi connectivity index (χ4v) is 2.73. The van der Waals surface area contributed by atoms with E-state index in [4.69, 9.17) is 0 Å². The molecule has 0 unspecified atom stereocenters. The molecule has 0 aromatic heterocycles. The van der Waals surface area contributed by atoms with Crippen molar-refractivity contribution in [3.8, 4) is 0 Å². The highest BCUT2D eigenvalue weighted by Crippen LogP contribution is 2.19. The summed E-state index contributed by atoms with van der Waals surface area (Å²) in [6.45, 7) is 1.53. The molecule has 0 aliphatic heterocycles. The van der Waals surface area contributed by atoms with Crippen LogP contribution in [0.3, 0.4) is 0 Å². The Labute approximate surface area is 145 Å². The predicted octanol–water partition coefficient (Wildman–Crippen LogP) is 2.54. The Morgan fingerprint density at radius 3 is 2.28 bits per heavy atom. The van der Waals surface area contributed by atoms with Crippen molar-refractivity contribution in [1.82, 2.24) is 0 Å². The van der Waals surface area contributed by atoms with Crippen LogP contribution in [-0.4, -0.2) is 25.0 Å². The van der Waals surface area contributed by atoms with Crippen molar-refractivity contribution in [2.45, 2.75) is 13.3 Å². The second-order valence-electron chi connectivity index (χ2n) is 5.19. The maximum Gasteiger partial charge on any atom is 0.273 e. The van der Waals surface area contributed by atoms with Crippen molar-refractivity contribution in [1.29, 1.82) is 0 Å². The standard InChI is InChI=1S/C16H17N3O5S/c1-2-25(23,24)18-14-9-7-13(8-10-14)17-16(20)11-12-5-3-4-6-15(12)19(21)22/h3-10,18H,2,11H2,1H3,(H,17,20). The molecule has 1 amide bonds. The van der Waals surface area contributed by atoms with Gasteiger partial charge in [-0.05, 0) is 31.2 Å². The van der Waals surface area contributed by atoms with Crippen LogP contribution in [0.15, 0.2) is 48.5 Å². The molecule has 0 fully saturated rings. The average molecular weight is 363 g/mol. The van der Waals surface area contributed by atoms with Crippen LogP contribution in [0.2, 0.25) is 0 Å². The summed E-state index contributed by atoms with van der Waals surface area (Å²) in [6, 6.07) is 12.2. The van der Waals surface area contributed by atoms with Crippen LogP contribution in [0.4, 0.5) is 17.1 Å².